The monoisotopic (exact) mass is 662 g/mol. The van der Waals surface area contributed by atoms with Gasteiger partial charge < -0.3 is 43.4 Å². The van der Waals surface area contributed by atoms with Gasteiger partial charge in [0.25, 0.3) is 0 Å². The normalized spacial score (nSPS) is 14.1. The van der Waals surface area contributed by atoms with Crippen LogP contribution in [0, 0.1) is 0 Å². The molecule has 260 valence electrons. The lowest BCUT2D eigenvalue weighted by Crippen LogP contribution is -2.39. The Labute approximate surface area is 284 Å². The van der Waals surface area contributed by atoms with E-state index in [9.17, 15) is 4.79 Å². The topological polar surface area (TPSA) is 97.0 Å². The summed E-state index contributed by atoms with van der Waals surface area (Å²) in [5.74, 6) is 0.842. The number of amides is 1. The van der Waals surface area contributed by atoms with Gasteiger partial charge in [-0.25, -0.2) is 0 Å². The molecule has 1 aliphatic heterocycles. The van der Waals surface area contributed by atoms with Gasteiger partial charge in [-0.3, -0.25) is 4.79 Å². The molecule has 0 atom stereocenters. The zero-order valence-corrected chi connectivity index (χ0v) is 28.2. The molecular formula is C38H50N2O8. The van der Waals surface area contributed by atoms with Gasteiger partial charge in [0.15, 0.2) is 25.1 Å². The van der Waals surface area contributed by atoms with Crippen LogP contribution >= 0.6 is 0 Å². The molecule has 3 aromatic carbocycles. The molecule has 1 heterocycles. The zero-order chi connectivity index (χ0) is 33.7. The zero-order valence-electron chi connectivity index (χ0n) is 28.2. The highest BCUT2D eigenvalue weighted by atomic mass is 16.7. The number of rotatable bonds is 22. The van der Waals surface area contributed by atoms with Gasteiger partial charge in [0.2, 0.25) is 5.91 Å². The molecule has 0 spiro atoms. The minimum absolute atomic E-state index is 0.0322. The predicted molar refractivity (Wildman–Crippen MR) is 185 cm³/mol. The molecule has 3 aromatic rings. The van der Waals surface area contributed by atoms with Crippen molar-refractivity contribution in [2.24, 2.45) is 0 Å². The lowest BCUT2D eigenvalue weighted by atomic mass is 10.00. The van der Waals surface area contributed by atoms with E-state index in [1.807, 2.05) is 18.2 Å². The number of benzene rings is 3. The van der Waals surface area contributed by atoms with Crippen LogP contribution in [-0.4, -0.2) is 97.3 Å². The molecule has 1 aliphatic rings. The summed E-state index contributed by atoms with van der Waals surface area (Å²) < 4.78 is 39.0. The number of likely N-dealkylation sites (tertiary alicyclic amines) is 1. The van der Waals surface area contributed by atoms with Gasteiger partial charge in [0.1, 0.15) is 6.10 Å². The fourth-order valence-corrected chi connectivity index (χ4v) is 5.28. The van der Waals surface area contributed by atoms with E-state index < -0.39 is 0 Å². The smallest absolute Gasteiger partial charge is 0.243 e. The molecule has 1 saturated heterocycles. The van der Waals surface area contributed by atoms with Crippen molar-refractivity contribution < 1.29 is 38.0 Å². The Kier molecular flexibility index (Phi) is 17.0. The van der Waals surface area contributed by atoms with Crippen molar-refractivity contribution in [3.05, 3.63) is 102 Å². The summed E-state index contributed by atoms with van der Waals surface area (Å²) in [6, 6.07) is 26.3. The second kappa shape index (κ2) is 22.0. The maximum Gasteiger partial charge on any atom is 0.243 e. The molecule has 0 radical (unpaired) electrons. The summed E-state index contributed by atoms with van der Waals surface area (Å²) >= 11 is 0. The highest BCUT2D eigenvalue weighted by Crippen LogP contribution is 2.31. The number of methoxy groups -OCH3 is 2. The van der Waals surface area contributed by atoms with E-state index in [-0.39, 0.29) is 31.7 Å². The van der Waals surface area contributed by atoms with E-state index in [2.05, 4.69) is 58.7 Å². The highest BCUT2D eigenvalue weighted by Gasteiger charge is 2.24. The number of carbonyl (C=O) groups excluding carboxylic acids is 1. The van der Waals surface area contributed by atoms with Crippen molar-refractivity contribution in [3.8, 4) is 11.5 Å². The molecular weight excluding hydrogens is 612 g/mol. The Hall–Kier alpha value is -3.77. The molecule has 0 aliphatic carbocycles. The lowest BCUT2D eigenvalue weighted by Gasteiger charge is -2.34. The first-order valence-electron chi connectivity index (χ1n) is 16.6. The van der Waals surface area contributed by atoms with Crippen LogP contribution < -0.4 is 14.8 Å². The van der Waals surface area contributed by atoms with Crippen molar-refractivity contribution in [2.75, 3.05) is 80.4 Å². The highest BCUT2D eigenvalue weighted by molar-refractivity contribution is 5.91. The number of hydrogen-bond donors (Lipinski definition) is 1. The van der Waals surface area contributed by atoms with E-state index in [0.717, 1.165) is 44.5 Å². The average Bonchev–Trinajstić information content (AvgIpc) is 3.13. The number of nitrogens with one attached hydrogen (secondary N) is 1. The first kappa shape index (κ1) is 37.1. The molecule has 0 saturated carbocycles. The summed E-state index contributed by atoms with van der Waals surface area (Å²) in [5.41, 5.74) is 3.15. The standard InChI is InChI=1S/C38H50N2O8/c1-42-24-26-44-29-46-35-16-14-31(28-36(35)47-30-45-27-25-43-2)15-17-37(41)39-20-9-21-40-22-18-34(19-23-40)48-38(32-10-5-3-6-11-32)33-12-7-4-8-13-33/h3-8,10-17,28,34,38H,9,18-27,29-30H2,1-2H3,(H,39,41). The molecule has 1 N–H and O–H groups in total. The van der Waals surface area contributed by atoms with Crippen molar-refractivity contribution >= 4 is 12.0 Å². The molecule has 48 heavy (non-hydrogen) atoms. The molecule has 0 bridgehead atoms. The van der Waals surface area contributed by atoms with Gasteiger partial charge in [-0.05, 0) is 60.7 Å². The van der Waals surface area contributed by atoms with Gasteiger partial charge in [-0.15, -0.1) is 0 Å². The van der Waals surface area contributed by atoms with Gasteiger partial charge in [-0.1, -0.05) is 66.7 Å². The summed E-state index contributed by atoms with van der Waals surface area (Å²) in [4.78, 5) is 15.0. The molecule has 4 rings (SSSR count). The Morgan fingerprint density at radius 2 is 1.42 bits per heavy atom. The quantitative estimate of drug-likeness (QED) is 0.0853. The molecule has 1 fully saturated rings. The van der Waals surface area contributed by atoms with Crippen LogP contribution in [-0.2, 0) is 28.5 Å². The predicted octanol–water partition coefficient (Wildman–Crippen LogP) is 5.48. The van der Waals surface area contributed by atoms with Gasteiger partial charge >= 0.3 is 0 Å². The Morgan fingerprint density at radius 1 is 0.812 bits per heavy atom. The molecule has 10 nitrogen and oxygen atoms in total. The lowest BCUT2D eigenvalue weighted by molar-refractivity contribution is -0.116. The van der Waals surface area contributed by atoms with Gasteiger partial charge in [0.05, 0.1) is 32.5 Å². The molecule has 10 heteroatoms. The van der Waals surface area contributed by atoms with Crippen LogP contribution in [0.25, 0.3) is 6.08 Å². The fourth-order valence-electron chi connectivity index (χ4n) is 5.28. The van der Waals surface area contributed by atoms with Gasteiger partial charge in [-0.2, -0.15) is 0 Å². The second-order valence-corrected chi connectivity index (χ2v) is 11.4. The summed E-state index contributed by atoms with van der Waals surface area (Å²) in [7, 11) is 3.22. The number of carbonyl (C=O) groups is 1. The van der Waals surface area contributed by atoms with Crippen LogP contribution in [0.1, 0.15) is 42.1 Å². The Balaban J connectivity index is 1.17. The largest absolute Gasteiger partial charge is 0.464 e. The van der Waals surface area contributed by atoms with Crippen molar-refractivity contribution in [1.82, 2.24) is 10.2 Å². The van der Waals surface area contributed by atoms with Crippen LogP contribution in [0.3, 0.4) is 0 Å². The third-order valence-electron chi connectivity index (χ3n) is 7.87. The first-order valence-corrected chi connectivity index (χ1v) is 16.6. The average molecular weight is 663 g/mol. The van der Waals surface area contributed by atoms with Crippen LogP contribution in [0.2, 0.25) is 0 Å². The third kappa shape index (κ3) is 13.4. The van der Waals surface area contributed by atoms with E-state index in [1.165, 1.54) is 17.2 Å². The van der Waals surface area contributed by atoms with Crippen LogP contribution in [0.4, 0.5) is 0 Å². The Morgan fingerprint density at radius 3 is 2.02 bits per heavy atom. The fraction of sp³-hybridized carbons (Fsp3) is 0.447. The number of nitrogens with zero attached hydrogens (tertiary/aromatic N) is 1. The number of piperidine rings is 1. The summed E-state index contributed by atoms with van der Waals surface area (Å²) in [6.45, 7) is 5.35. The van der Waals surface area contributed by atoms with E-state index >= 15 is 0 Å². The van der Waals surface area contributed by atoms with E-state index in [1.54, 1.807) is 32.4 Å². The van der Waals surface area contributed by atoms with Crippen molar-refractivity contribution in [3.63, 3.8) is 0 Å². The third-order valence-corrected chi connectivity index (χ3v) is 7.87. The van der Waals surface area contributed by atoms with Crippen molar-refractivity contribution in [2.45, 2.75) is 31.5 Å². The van der Waals surface area contributed by atoms with Crippen molar-refractivity contribution in [1.29, 1.82) is 0 Å². The maximum atomic E-state index is 12.6. The SMILES string of the molecule is COCCOCOc1ccc(C=CC(=O)NCCCN2CCC(OC(c3ccccc3)c3ccccc3)CC2)cc1OCOCCOC. The summed E-state index contributed by atoms with van der Waals surface area (Å²) in [5, 5.41) is 3.00. The van der Waals surface area contributed by atoms with Crippen LogP contribution in [0.15, 0.2) is 84.9 Å². The molecule has 1 amide bonds. The second-order valence-electron chi connectivity index (χ2n) is 11.4. The Bertz CT molecular complexity index is 1290. The number of hydrogen-bond acceptors (Lipinski definition) is 9. The maximum absolute atomic E-state index is 12.6. The summed E-state index contributed by atoms with van der Waals surface area (Å²) in [6.07, 6.45) is 6.27. The minimum Gasteiger partial charge on any atom is -0.464 e. The van der Waals surface area contributed by atoms with E-state index in [0.29, 0.717) is 44.5 Å². The molecule has 0 unspecified atom stereocenters. The molecule has 0 aromatic heterocycles. The van der Waals surface area contributed by atoms with Crippen LogP contribution in [0.5, 0.6) is 11.5 Å². The minimum atomic E-state index is -0.146. The van der Waals surface area contributed by atoms with Gasteiger partial charge in [0, 0.05) is 39.9 Å². The van der Waals surface area contributed by atoms with E-state index in [4.69, 9.17) is 33.2 Å². The number of ether oxygens (including phenoxy) is 7. The first-order chi connectivity index (χ1) is 23.7.